The highest BCUT2D eigenvalue weighted by Crippen LogP contribution is 2.31. The summed E-state index contributed by atoms with van der Waals surface area (Å²) in [5, 5.41) is 0. The number of ether oxygens (including phenoxy) is 4. The van der Waals surface area contributed by atoms with Gasteiger partial charge in [-0.15, -0.1) is 4.83 Å². The molecule has 0 bridgehead atoms. The van der Waals surface area contributed by atoms with Crippen molar-refractivity contribution < 1.29 is 27.4 Å². The highest BCUT2D eigenvalue weighted by molar-refractivity contribution is 7.89. The van der Waals surface area contributed by atoms with Crippen LogP contribution in [-0.2, 0) is 10.0 Å². The number of hydrazine groups is 1. The van der Waals surface area contributed by atoms with Crippen LogP contribution >= 0.6 is 0 Å². The van der Waals surface area contributed by atoms with Gasteiger partial charge in [0.2, 0.25) is 0 Å². The van der Waals surface area contributed by atoms with Gasteiger partial charge in [-0.25, -0.2) is 8.42 Å². The molecule has 2 N–H and O–H groups in total. The van der Waals surface area contributed by atoms with E-state index in [-0.39, 0.29) is 4.90 Å². The predicted molar refractivity (Wildman–Crippen MR) is 132 cm³/mol. The summed E-state index contributed by atoms with van der Waals surface area (Å²) in [7, 11) is 2.36. The van der Waals surface area contributed by atoms with E-state index >= 15 is 0 Å². The van der Waals surface area contributed by atoms with E-state index in [2.05, 4.69) is 10.3 Å². The third-order valence-electron chi connectivity index (χ3n) is 5.03. The van der Waals surface area contributed by atoms with Crippen molar-refractivity contribution in [3.05, 3.63) is 77.4 Å². The molecule has 0 aliphatic heterocycles. The summed E-state index contributed by atoms with van der Waals surface area (Å²) in [4.78, 5) is 2.59. The molecule has 8 nitrogen and oxygen atoms in total. The Kier molecular flexibility index (Phi) is 8.04. The monoisotopic (exact) mass is 484 g/mol. The van der Waals surface area contributed by atoms with Crippen molar-refractivity contribution in [1.82, 2.24) is 10.3 Å². The van der Waals surface area contributed by atoms with Crippen LogP contribution in [0.3, 0.4) is 0 Å². The van der Waals surface area contributed by atoms with Crippen LogP contribution in [0, 0.1) is 6.92 Å². The van der Waals surface area contributed by atoms with Gasteiger partial charge in [-0.3, -0.25) is 0 Å². The molecule has 0 aromatic heterocycles. The number of rotatable bonds is 10. The third kappa shape index (κ3) is 6.00. The van der Waals surface area contributed by atoms with Crippen LogP contribution < -0.4 is 29.2 Å². The van der Waals surface area contributed by atoms with Crippen LogP contribution in [0.2, 0.25) is 0 Å². The predicted octanol–water partition coefficient (Wildman–Crippen LogP) is 4.01. The first kappa shape index (κ1) is 24.9. The molecule has 34 heavy (non-hydrogen) atoms. The van der Waals surface area contributed by atoms with E-state index in [0.29, 0.717) is 34.3 Å². The van der Waals surface area contributed by atoms with Crippen molar-refractivity contribution in [2.75, 3.05) is 28.4 Å². The second kappa shape index (κ2) is 11.0. The summed E-state index contributed by atoms with van der Waals surface area (Å²) in [6.45, 7) is 1.89. The highest BCUT2D eigenvalue weighted by atomic mass is 32.2. The van der Waals surface area contributed by atoms with Gasteiger partial charge in [0.1, 0.15) is 11.5 Å². The topological polar surface area (TPSA) is 95.1 Å². The van der Waals surface area contributed by atoms with E-state index in [4.69, 9.17) is 18.9 Å². The van der Waals surface area contributed by atoms with E-state index in [1.54, 1.807) is 89.1 Å². The van der Waals surface area contributed by atoms with Gasteiger partial charge >= 0.3 is 0 Å². The van der Waals surface area contributed by atoms with Crippen LogP contribution in [0.25, 0.3) is 11.8 Å². The Hall–Kier alpha value is -3.69. The van der Waals surface area contributed by atoms with E-state index < -0.39 is 10.0 Å². The Morgan fingerprint density at radius 2 is 1.38 bits per heavy atom. The third-order valence-corrected chi connectivity index (χ3v) is 6.30. The second-order valence-electron chi connectivity index (χ2n) is 7.32. The summed E-state index contributed by atoms with van der Waals surface area (Å²) in [6, 6.07) is 17.2. The quantitative estimate of drug-likeness (QED) is 0.332. The standard InChI is InChI=1S/C25H28N2O6S/c1-17-6-9-22(10-7-17)34(28,29)27-26-23(19-14-20(30-2)16-21(15-19)31-3)12-18-8-11-24(32-4)25(13-18)33-5/h6-16,26-27H,1-5H3. The van der Waals surface area contributed by atoms with Gasteiger partial charge in [0.25, 0.3) is 10.0 Å². The van der Waals surface area contributed by atoms with Crippen molar-refractivity contribution in [3.8, 4) is 23.0 Å². The van der Waals surface area contributed by atoms with E-state index in [1.807, 2.05) is 13.0 Å². The van der Waals surface area contributed by atoms with Gasteiger partial charge in [-0.1, -0.05) is 23.8 Å². The Bertz CT molecular complexity index is 1250. The van der Waals surface area contributed by atoms with Crippen LogP contribution in [0.1, 0.15) is 16.7 Å². The molecule has 0 unspecified atom stereocenters. The van der Waals surface area contributed by atoms with Gasteiger partial charge < -0.3 is 24.4 Å². The fourth-order valence-electron chi connectivity index (χ4n) is 3.16. The van der Waals surface area contributed by atoms with Crippen molar-refractivity contribution in [2.24, 2.45) is 0 Å². The molecule has 0 aliphatic rings. The van der Waals surface area contributed by atoms with Gasteiger partial charge in [0.15, 0.2) is 11.5 Å². The normalized spacial score (nSPS) is 11.6. The summed E-state index contributed by atoms with van der Waals surface area (Å²) < 4.78 is 47.2. The number of benzene rings is 3. The number of aryl methyl sites for hydroxylation is 1. The van der Waals surface area contributed by atoms with Crippen molar-refractivity contribution in [2.45, 2.75) is 11.8 Å². The van der Waals surface area contributed by atoms with Crippen molar-refractivity contribution in [1.29, 1.82) is 0 Å². The lowest BCUT2D eigenvalue weighted by Gasteiger charge is -2.16. The van der Waals surface area contributed by atoms with Crippen molar-refractivity contribution >= 4 is 21.8 Å². The Labute approximate surface area is 200 Å². The Morgan fingerprint density at radius 1 is 0.765 bits per heavy atom. The Balaban J connectivity index is 2.04. The molecule has 9 heteroatoms. The maximum atomic E-state index is 12.9. The largest absolute Gasteiger partial charge is 0.497 e. The molecule has 0 saturated carbocycles. The van der Waals surface area contributed by atoms with E-state index in [1.165, 1.54) is 0 Å². The zero-order chi connectivity index (χ0) is 24.7. The summed E-state index contributed by atoms with van der Waals surface area (Å²) in [5.41, 5.74) is 5.65. The molecule has 0 saturated heterocycles. The van der Waals surface area contributed by atoms with Crippen LogP contribution in [-0.4, -0.2) is 36.9 Å². The lowest BCUT2D eigenvalue weighted by atomic mass is 10.1. The lowest BCUT2D eigenvalue weighted by molar-refractivity contribution is 0.355. The molecule has 0 spiro atoms. The molecule has 3 aromatic rings. The smallest absolute Gasteiger partial charge is 0.257 e. The first-order valence-corrected chi connectivity index (χ1v) is 11.8. The molecule has 0 heterocycles. The second-order valence-corrected chi connectivity index (χ2v) is 9.00. The number of sulfonamides is 1. The van der Waals surface area contributed by atoms with Crippen LogP contribution in [0.4, 0.5) is 0 Å². The molecule has 0 atom stereocenters. The average Bonchev–Trinajstić information content (AvgIpc) is 2.86. The number of methoxy groups -OCH3 is 4. The zero-order valence-corrected chi connectivity index (χ0v) is 20.5. The van der Waals surface area contributed by atoms with Gasteiger partial charge in [-0.05, 0) is 55.0 Å². The van der Waals surface area contributed by atoms with Gasteiger partial charge in [0, 0.05) is 11.6 Å². The number of hydrogen-bond donors (Lipinski definition) is 2. The number of hydrogen-bond acceptors (Lipinski definition) is 7. The first-order valence-electron chi connectivity index (χ1n) is 10.3. The zero-order valence-electron chi connectivity index (χ0n) is 19.7. The molecule has 0 aliphatic carbocycles. The minimum absolute atomic E-state index is 0.138. The van der Waals surface area contributed by atoms with Gasteiger partial charge in [-0.2, -0.15) is 0 Å². The highest BCUT2D eigenvalue weighted by Gasteiger charge is 2.16. The first-order chi connectivity index (χ1) is 16.3. The molecular formula is C25H28N2O6S. The molecule has 0 amide bonds. The minimum atomic E-state index is -3.84. The molecule has 3 aromatic carbocycles. The maximum Gasteiger partial charge on any atom is 0.257 e. The fraction of sp³-hybridized carbons (Fsp3) is 0.200. The average molecular weight is 485 g/mol. The van der Waals surface area contributed by atoms with Crippen LogP contribution in [0.5, 0.6) is 23.0 Å². The molecule has 180 valence electrons. The SMILES string of the molecule is COc1cc(OC)cc(C(=Cc2ccc(OC)c(OC)c2)NNS(=O)(=O)c2ccc(C)cc2)c1. The minimum Gasteiger partial charge on any atom is -0.497 e. The van der Waals surface area contributed by atoms with E-state index in [0.717, 1.165) is 11.1 Å². The maximum absolute atomic E-state index is 12.9. The molecular weight excluding hydrogens is 456 g/mol. The lowest BCUT2D eigenvalue weighted by Crippen LogP contribution is -2.36. The molecule has 0 radical (unpaired) electrons. The van der Waals surface area contributed by atoms with Crippen LogP contribution in [0.15, 0.2) is 65.6 Å². The van der Waals surface area contributed by atoms with Gasteiger partial charge in [0.05, 0.1) is 39.0 Å². The van der Waals surface area contributed by atoms with E-state index in [9.17, 15) is 8.42 Å². The Morgan fingerprint density at radius 3 is 1.94 bits per heavy atom. The fourth-order valence-corrected chi connectivity index (χ4v) is 4.02. The summed E-state index contributed by atoms with van der Waals surface area (Å²) in [5.74, 6) is 2.22. The van der Waals surface area contributed by atoms with Crippen molar-refractivity contribution in [3.63, 3.8) is 0 Å². The summed E-state index contributed by atoms with van der Waals surface area (Å²) >= 11 is 0. The number of nitrogens with one attached hydrogen (secondary N) is 2. The summed E-state index contributed by atoms with van der Waals surface area (Å²) in [6.07, 6.45) is 1.77. The molecule has 0 fully saturated rings. The molecule has 3 rings (SSSR count).